The van der Waals surface area contributed by atoms with Gasteiger partial charge in [0.1, 0.15) is 6.10 Å². The van der Waals surface area contributed by atoms with Gasteiger partial charge in [-0.15, -0.1) is 0 Å². The molecule has 1 saturated heterocycles. The lowest BCUT2D eigenvalue weighted by atomic mass is 9.72. The Balaban J connectivity index is 2.30. The molecule has 0 bridgehead atoms. The molecule has 9 heteroatoms. The Morgan fingerprint density at radius 1 is 1.30 bits per heavy atom. The first-order valence-electron chi connectivity index (χ1n) is 6.28. The van der Waals surface area contributed by atoms with E-state index in [1.54, 1.807) is 0 Å². The van der Waals surface area contributed by atoms with Gasteiger partial charge in [0.05, 0.1) is 6.10 Å². The van der Waals surface area contributed by atoms with Crippen molar-refractivity contribution in [3.05, 3.63) is 0 Å². The fourth-order valence-corrected chi connectivity index (χ4v) is 3.15. The molecular weight excluding hydrogens is 281 g/mol. The molecule has 1 aliphatic carbocycles. The van der Waals surface area contributed by atoms with E-state index >= 15 is 0 Å². The first-order valence-corrected chi connectivity index (χ1v) is 6.28. The third kappa shape index (κ3) is 2.28. The number of aliphatic hydroxyl groups excluding tert-OH is 2. The van der Waals surface area contributed by atoms with E-state index in [9.17, 15) is 28.2 Å². The fourth-order valence-electron chi connectivity index (χ4n) is 3.15. The zero-order valence-corrected chi connectivity index (χ0v) is 10.6. The Morgan fingerprint density at radius 3 is 2.35 bits per heavy atom. The number of halogens is 3. The van der Waals surface area contributed by atoms with Gasteiger partial charge in [-0.25, -0.2) is 4.79 Å². The van der Waals surface area contributed by atoms with Gasteiger partial charge in [0.2, 0.25) is 0 Å². The second-order valence-corrected chi connectivity index (χ2v) is 5.43. The Bertz CT molecular complexity index is 398. The number of aliphatic hydroxyl groups is 2. The number of rotatable bonds is 1. The minimum absolute atomic E-state index is 0.00250. The maximum absolute atomic E-state index is 12.4. The molecular formula is C11H17F3N2O4. The van der Waals surface area contributed by atoms with Gasteiger partial charge in [0.15, 0.2) is 5.72 Å². The molecule has 6 nitrogen and oxygen atoms in total. The Hall–Kier alpha value is -0.900. The molecule has 2 aliphatic rings. The zero-order chi connectivity index (χ0) is 15.2. The van der Waals surface area contributed by atoms with Gasteiger partial charge < -0.3 is 20.3 Å². The summed E-state index contributed by atoms with van der Waals surface area (Å²) in [5.41, 5.74) is 2.53. The van der Waals surface area contributed by atoms with Gasteiger partial charge in [-0.1, -0.05) is 0 Å². The number of nitrogens with one attached hydrogen (secondary N) is 1. The van der Waals surface area contributed by atoms with Crippen molar-refractivity contribution in [3.63, 3.8) is 0 Å². The Kier molecular flexibility index (Phi) is 3.74. The van der Waals surface area contributed by atoms with Crippen LogP contribution in [0.1, 0.15) is 19.3 Å². The third-order valence-corrected chi connectivity index (χ3v) is 4.29. The largest absolute Gasteiger partial charge is 0.490 e. The van der Waals surface area contributed by atoms with Crippen molar-refractivity contribution < 1.29 is 32.9 Å². The molecule has 1 saturated carbocycles. The van der Waals surface area contributed by atoms with Crippen molar-refractivity contribution in [2.45, 2.75) is 43.4 Å². The minimum atomic E-state index is -5.20. The quantitative estimate of drug-likeness (QED) is 0.375. The monoisotopic (exact) mass is 298 g/mol. The SMILES string of the molecule is N[C@@]1(OC(=O)C(F)(F)F)[C@@H](O)[C@@H](O)CC12CCNCC2. The van der Waals surface area contributed by atoms with Crippen LogP contribution in [0.4, 0.5) is 13.2 Å². The number of carbonyl (C=O) groups is 1. The molecule has 2 fully saturated rings. The summed E-state index contributed by atoms with van der Waals surface area (Å²) in [7, 11) is 0. The molecule has 0 aromatic heterocycles. The molecule has 0 radical (unpaired) electrons. The van der Waals surface area contributed by atoms with E-state index in [-0.39, 0.29) is 6.42 Å². The molecule has 0 amide bonds. The average Bonchev–Trinajstić information content (AvgIpc) is 2.52. The van der Waals surface area contributed by atoms with E-state index in [1.165, 1.54) is 0 Å². The van der Waals surface area contributed by atoms with Gasteiger partial charge in [-0.3, -0.25) is 5.73 Å². The molecule has 20 heavy (non-hydrogen) atoms. The molecule has 1 aliphatic heterocycles. The van der Waals surface area contributed by atoms with Crippen LogP contribution in [0.15, 0.2) is 0 Å². The van der Waals surface area contributed by atoms with E-state index in [0.717, 1.165) is 0 Å². The fraction of sp³-hybridized carbons (Fsp3) is 0.909. The van der Waals surface area contributed by atoms with Crippen LogP contribution < -0.4 is 11.1 Å². The highest BCUT2D eigenvalue weighted by Crippen LogP contribution is 2.52. The predicted octanol–water partition coefficient (Wildman–Crippen LogP) is -0.758. The highest BCUT2D eigenvalue weighted by Gasteiger charge is 2.65. The van der Waals surface area contributed by atoms with Gasteiger partial charge in [-0.05, 0) is 32.4 Å². The third-order valence-electron chi connectivity index (χ3n) is 4.29. The van der Waals surface area contributed by atoms with Crippen LogP contribution >= 0.6 is 0 Å². The number of esters is 1. The second kappa shape index (κ2) is 4.83. The van der Waals surface area contributed by atoms with E-state index in [0.29, 0.717) is 25.9 Å². The lowest BCUT2D eigenvalue weighted by Gasteiger charge is -2.45. The molecule has 0 aromatic rings. The molecule has 3 atom stereocenters. The molecule has 116 valence electrons. The minimum Gasteiger partial charge on any atom is -0.434 e. The molecule has 1 heterocycles. The smallest absolute Gasteiger partial charge is 0.434 e. The van der Waals surface area contributed by atoms with Crippen molar-refractivity contribution >= 4 is 5.97 Å². The van der Waals surface area contributed by atoms with E-state index in [2.05, 4.69) is 10.1 Å². The molecule has 5 N–H and O–H groups in total. The Morgan fingerprint density at radius 2 is 1.85 bits per heavy atom. The summed E-state index contributed by atoms with van der Waals surface area (Å²) >= 11 is 0. The molecule has 0 unspecified atom stereocenters. The summed E-state index contributed by atoms with van der Waals surface area (Å²) < 4.78 is 41.5. The predicted molar refractivity (Wildman–Crippen MR) is 60.2 cm³/mol. The molecule has 1 spiro atoms. The van der Waals surface area contributed by atoms with Crippen LogP contribution in [0, 0.1) is 5.41 Å². The summed E-state index contributed by atoms with van der Waals surface area (Å²) in [4.78, 5) is 11.1. The molecule has 2 rings (SSSR count). The summed E-state index contributed by atoms with van der Waals surface area (Å²) in [5.74, 6) is -2.45. The number of alkyl halides is 3. The lowest BCUT2D eigenvalue weighted by molar-refractivity contribution is -0.236. The van der Waals surface area contributed by atoms with Crippen LogP contribution in [-0.4, -0.2) is 53.4 Å². The number of nitrogens with two attached hydrogens (primary N) is 1. The van der Waals surface area contributed by atoms with Crippen molar-refractivity contribution in [2.24, 2.45) is 11.1 Å². The van der Waals surface area contributed by atoms with E-state index in [1.807, 2.05) is 0 Å². The van der Waals surface area contributed by atoms with Gasteiger partial charge in [-0.2, -0.15) is 13.2 Å². The number of piperidine rings is 1. The standard InChI is InChI=1S/C11H17F3N2O4/c12-11(13,14)8(19)20-10(15)7(18)6(17)5-9(10)1-3-16-4-2-9/h6-7,16-18H,1-5,15H2/t6-,7-,10+/m0/s1. The average molecular weight is 298 g/mol. The highest BCUT2D eigenvalue weighted by molar-refractivity contribution is 5.76. The normalized spacial score (nSPS) is 37.1. The number of carbonyl (C=O) groups excluding carboxylic acids is 1. The number of hydrogen-bond acceptors (Lipinski definition) is 6. The van der Waals surface area contributed by atoms with Crippen LogP contribution in [0.25, 0.3) is 0 Å². The maximum atomic E-state index is 12.4. The van der Waals surface area contributed by atoms with Crippen LogP contribution in [0.3, 0.4) is 0 Å². The summed E-state index contributed by atoms with van der Waals surface area (Å²) in [6, 6.07) is 0. The van der Waals surface area contributed by atoms with Crippen molar-refractivity contribution in [1.29, 1.82) is 0 Å². The summed E-state index contributed by atoms with van der Waals surface area (Å²) in [6.07, 6.45) is -7.65. The second-order valence-electron chi connectivity index (χ2n) is 5.43. The van der Waals surface area contributed by atoms with E-state index < -0.39 is 35.5 Å². The highest BCUT2D eigenvalue weighted by atomic mass is 19.4. The van der Waals surface area contributed by atoms with Crippen molar-refractivity contribution in [2.75, 3.05) is 13.1 Å². The molecule has 0 aromatic carbocycles. The Labute approximate surface area is 113 Å². The van der Waals surface area contributed by atoms with E-state index in [4.69, 9.17) is 5.73 Å². The number of hydrogen-bond donors (Lipinski definition) is 4. The van der Waals surface area contributed by atoms with Crippen molar-refractivity contribution in [3.8, 4) is 0 Å². The first-order chi connectivity index (χ1) is 9.12. The van der Waals surface area contributed by atoms with Crippen LogP contribution in [0.5, 0.6) is 0 Å². The summed E-state index contributed by atoms with van der Waals surface area (Å²) in [6.45, 7) is 0.921. The topological polar surface area (TPSA) is 105 Å². The van der Waals surface area contributed by atoms with Gasteiger partial charge in [0.25, 0.3) is 0 Å². The lowest BCUT2D eigenvalue weighted by Crippen LogP contribution is -2.64. The van der Waals surface area contributed by atoms with Crippen LogP contribution in [0.2, 0.25) is 0 Å². The maximum Gasteiger partial charge on any atom is 0.490 e. The number of ether oxygens (including phenoxy) is 1. The first kappa shape index (κ1) is 15.5. The van der Waals surface area contributed by atoms with Gasteiger partial charge in [0, 0.05) is 5.41 Å². The van der Waals surface area contributed by atoms with Crippen LogP contribution in [-0.2, 0) is 9.53 Å². The van der Waals surface area contributed by atoms with Gasteiger partial charge >= 0.3 is 12.1 Å². The van der Waals surface area contributed by atoms with Crippen molar-refractivity contribution in [1.82, 2.24) is 5.32 Å². The zero-order valence-electron chi connectivity index (χ0n) is 10.6. The summed E-state index contributed by atoms with van der Waals surface area (Å²) in [5, 5.41) is 22.7.